The number of fused-ring (bicyclic) bond motifs is 1. The van der Waals surface area contributed by atoms with Gasteiger partial charge in [-0.3, -0.25) is 9.59 Å². The average Bonchev–Trinajstić information content (AvgIpc) is 3.56. The van der Waals surface area contributed by atoms with Crippen molar-refractivity contribution in [1.82, 2.24) is 0 Å². The highest BCUT2D eigenvalue weighted by molar-refractivity contribution is 7.17. The minimum Gasteiger partial charge on any atom is -0.394 e. The number of aryl methyl sites for hydroxylation is 1. The molecule has 5 rings (SSSR count). The molecule has 1 saturated carbocycles. The van der Waals surface area contributed by atoms with Crippen molar-refractivity contribution >= 4 is 33.8 Å². The first-order valence-electron chi connectivity index (χ1n) is 20.8. The molecule has 1 fully saturated rings. The van der Waals surface area contributed by atoms with Gasteiger partial charge in [0.2, 0.25) is 0 Å². The fourth-order valence-corrected chi connectivity index (χ4v) is 8.86. The number of carbonyl (C=O) groups is 2. The number of carbonyl (C=O) groups excluding carboxylic acids is 2. The molecule has 11 nitrogen and oxygen atoms in total. The fraction of sp³-hybridized carbons (Fsp3) is 0.600. The predicted octanol–water partition coefficient (Wildman–Crippen LogP) is 7.87. The maximum absolute atomic E-state index is 14.0. The lowest BCUT2D eigenvalue weighted by Gasteiger charge is -2.29. The van der Waals surface area contributed by atoms with Crippen LogP contribution in [-0.2, 0) is 54.3 Å². The summed E-state index contributed by atoms with van der Waals surface area (Å²) in [6.07, 6.45) is 11.8. The SMILES string of the molecule is CC1(C)CCc2c(sc(NC(=O)c3cccc(COCCOCCOCCOCCOCCOCCO)c3)c2C(=O)Nc2ccc(CCC3CCCCC3)cc2)C1. The minimum absolute atomic E-state index is 0.0138. The summed E-state index contributed by atoms with van der Waals surface area (Å²) in [5.41, 5.74) is 5.22. The molecule has 0 saturated heterocycles. The van der Waals surface area contributed by atoms with Crippen molar-refractivity contribution < 1.29 is 43.1 Å². The summed E-state index contributed by atoms with van der Waals surface area (Å²) in [6, 6.07) is 15.7. The molecule has 0 aliphatic heterocycles. The largest absolute Gasteiger partial charge is 0.394 e. The van der Waals surface area contributed by atoms with E-state index in [9.17, 15) is 9.59 Å². The molecular formula is C45H64N2O9S. The van der Waals surface area contributed by atoms with Crippen LogP contribution in [-0.4, -0.2) is 96.2 Å². The highest BCUT2D eigenvalue weighted by Gasteiger charge is 2.33. The van der Waals surface area contributed by atoms with Crippen molar-refractivity contribution in [3.05, 3.63) is 81.2 Å². The van der Waals surface area contributed by atoms with Crippen LogP contribution in [0, 0.1) is 11.3 Å². The number of aliphatic hydroxyl groups is 1. The molecule has 12 heteroatoms. The standard InChI is InChI=1S/C45H64N2O9S/c1-45(2)18-17-39-40(32-45)57-44(41(39)43(50)46-38-15-13-35(14-16-38)12-11-34-7-4-3-5-8-34)47-42(49)37-10-6-9-36(31-37)33-56-30-29-55-28-27-54-26-25-53-24-23-52-22-21-51-20-19-48/h6,9-10,13-16,31,34,48H,3-5,7-8,11-12,17-30,32-33H2,1-2H3,(H,46,50)(H,47,49). The van der Waals surface area contributed by atoms with Gasteiger partial charge in [0.25, 0.3) is 11.8 Å². The van der Waals surface area contributed by atoms with E-state index in [4.69, 9.17) is 33.5 Å². The number of rotatable bonds is 26. The predicted molar refractivity (Wildman–Crippen MR) is 225 cm³/mol. The van der Waals surface area contributed by atoms with Crippen LogP contribution in [0.5, 0.6) is 0 Å². The second-order valence-electron chi connectivity index (χ2n) is 15.7. The third-order valence-electron chi connectivity index (χ3n) is 10.6. The van der Waals surface area contributed by atoms with Gasteiger partial charge in [0, 0.05) is 16.1 Å². The van der Waals surface area contributed by atoms with Gasteiger partial charge in [0.05, 0.1) is 91.5 Å². The molecule has 0 bridgehead atoms. The van der Waals surface area contributed by atoms with Gasteiger partial charge in [-0.05, 0) is 84.4 Å². The first-order valence-corrected chi connectivity index (χ1v) is 21.7. The molecule has 2 aromatic carbocycles. The van der Waals surface area contributed by atoms with Gasteiger partial charge in [0.15, 0.2) is 0 Å². The van der Waals surface area contributed by atoms with Crippen LogP contribution in [0.4, 0.5) is 10.7 Å². The average molecular weight is 809 g/mol. The van der Waals surface area contributed by atoms with Gasteiger partial charge in [0.1, 0.15) is 5.00 Å². The fourth-order valence-electron chi connectivity index (χ4n) is 7.36. The number of hydrogen-bond acceptors (Lipinski definition) is 10. The molecule has 0 unspecified atom stereocenters. The third-order valence-corrected chi connectivity index (χ3v) is 11.7. The number of aliphatic hydroxyl groups excluding tert-OH is 1. The number of anilines is 2. The van der Waals surface area contributed by atoms with Gasteiger partial charge in [-0.25, -0.2) is 0 Å². The molecule has 0 radical (unpaired) electrons. The van der Waals surface area contributed by atoms with Gasteiger partial charge in [-0.15, -0.1) is 11.3 Å². The third kappa shape index (κ3) is 15.8. The van der Waals surface area contributed by atoms with Crippen molar-refractivity contribution in [1.29, 1.82) is 0 Å². The van der Waals surface area contributed by atoms with Crippen LogP contribution < -0.4 is 10.6 Å². The van der Waals surface area contributed by atoms with Crippen LogP contribution >= 0.6 is 11.3 Å². The molecule has 314 valence electrons. The normalized spacial score (nSPS) is 15.4. The van der Waals surface area contributed by atoms with Crippen molar-refractivity contribution in [3.63, 3.8) is 0 Å². The quantitative estimate of drug-likeness (QED) is 0.0693. The molecule has 2 amide bonds. The molecule has 0 atom stereocenters. The monoisotopic (exact) mass is 808 g/mol. The number of thiophene rings is 1. The van der Waals surface area contributed by atoms with E-state index in [1.54, 1.807) is 6.07 Å². The summed E-state index contributed by atoms with van der Waals surface area (Å²) >= 11 is 1.53. The molecule has 2 aliphatic rings. The Labute approximate surface area is 343 Å². The van der Waals surface area contributed by atoms with Gasteiger partial charge in [-0.1, -0.05) is 70.2 Å². The van der Waals surface area contributed by atoms with Crippen molar-refractivity contribution in [3.8, 4) is 0 Å². The summed E-state index contributed by atoms with van der Waals surface area (Å²) in [4.78, 5) is 28.8. The van der Waals surface area contributed by atoms with Crippen LogP contribution in [0.3, 0.4) is 0 Å². The molecular weight excluding hydrogens is 745 g/mol. The Bertz CT molecular complexity index is 1640. The molecule has 1 heterocycles. The Morgan fingerprint density at radius 1 is 0.737 bits per heavy atom. The lowest BCUT2D eigenvalue weighted by Crippen LogP contribution is -2.23. The van der Waals surface area contributed by atoms with Gasteiger partial charge < -0.3 is 44.2 Å². The van der Waals surface area contributed by atoms with Crippen molar-refractivity contribution in [2.45, 2.75) is 84.7 Å². The van der Waals surface area contributed by atoms with E-state index in [-0.39, 0.29) is 23.8 Å². The van der Waals surface area contributed by atoms with E-state index >= 15 is 0 Å². The smallest absolute Gasteiger partial charge is 0.258 e. The Balaban J connectivity index is 1.03. The van der Waals surface area contributed by atoms with Gasteiger partial charge >= 0.3 is 0 Å². The summed E-state index contributed by atoms with van der Waals surface area (Å²) < 4.78 is 32.9. The Kier molecular flexibility index (Phi) is 19.4. The molecule has 3 aromatic rings. The van der Waals surface area contributed by atoms with Crippen LogP contribution in [0.1, 0.15) is 101 Å². The van der Waals surface area contributed by atoms with E-state index in [0.29, 0.717) is 95.4 Å². The zero-order valence-corrected chi connectivity index (χ0v) is 34.9. The topological polar surface area (TPSA) is 134 Å². The molecule has 1 aromatic heterocycles. The van der Waals surface area contributed by atoms with Crippen LogP contribution in [0.15, 0.2) is 48.5 Å². The first-order chi connectivity index (χ1) is 27.8. The number of hydrogen-bond donors (Lipinski definition) is 3. The Hall–Kier alpha value is -3.20. The number of ether oxygens (including phenoxy) is 6. The highest BCUT2D eigenvalue weighted by Crippen LogP contribution is 2.44. The van der Waals surface area contributed by atoms with E-state index < -0.39 is 0 Å². The zero-order valence-electron chi connectivity index (χ0n) is 34.1. The number of nitrogens with one attached hydrogen (secondary N) is 2. The zero-order chi connectivity index (χ0) is 40.1. The molecule has 57 heavy (non-hydrogen) atoms. The molecule has 2 aliphatic carbocycles. The minimum atomic E-state index is -0.256. The molecule has 3 N–H and O–H groups in total. The van der Waals surface area contributed by atoms with E-state index in [0.717, 1.165) is 48.4 Å². The maximum atomic E-state index is 14.0. The van der Waals surface area contributed by atoms with Crippen molar-refractivity contribution in [2.24, 2.45) is 11.3 Å². The van der Waals surface area contributed by atoms with Gasteiger partial charge in [-0.2, -0.15) is 0 Å². The maximum Gasteiger partial charge on any atom is 0.258 e. The van der Waals surface area contributed by atoms with E-state index in [2.05, 4.69) is 36.6 Å². The lowest BCUT2D eigenvalue weighted by atomic mass is 9.77. The lowest BCUT2D eigenvalue weighted by molar-refractivity contribution is -0.0190. The second-order valence-corrected chi connectivity index (χ2v) is 16.8. The number of amides is 2. The van der Waals surface area contributed by atoms with Crippen LogP contribution in [0.2, 0.25) is 0 Å². The number of benzene rings is 2. The van der Waals surface area contributed by atoms with E-state index in [1.807, 2.05) is 30.3 Å². The Morgan fingerprint density at radius 2 is 1.35 bits per heavy atom. The van der Waals surface area contributed by atoms with E-state index in [1.165, 1.54) is 60.3 Å². The first kappa shape index (κ1) is 44.9. The summed E-state index contributed by atoms with van der Waals surface area (Å²) in [7, 11) is 0. The molecule has 0 spiro atoms. The summed E-state index contributed by atoms with van der Waals surface area (Å²) in [5.74, 6) is 0.401. The summed E-state index contributed by atoms with van der Waals surface area (Å²) in [5, 5.41) is 15.5. The summed E-state index contributed by atoms with van der Waals surface area (Å²) in [6.45, 7) is 9.78. The second kappa shape index (κ2) is 24.7. The highest BCUT2D eigenvalue weighted by atomic mass is 32.1. The van der Waals surface area contributed by atoms with Crippen LogP contribution in [0.25, 0.3) is 0 Å². The Morgan fingerprint density at radius 3 is 1.98 bits per heavy atom. The van der Waals surface area contributed by atoms with Crippen molar-refractivity contribution in [2.75, 3.05) is 89.9 Å².